The molecule has 0 radical (unpaired) electrons. The molecule has 0 spiro atoms. The van der Waals surface area contributed by atoms with Crippen molar-refractivity contribution < 1.29 is 14.4 Å². The molecule has 1 aliphatic heterocycles. The number of amides is 2. The molecule has 0 bridgehead atoms. The number of carbonyl (C=O) groups excluding carboxylic acids is 3. The molecule has 28 heavy (non-hydrogen) atoms. The van der Waals surface area contributed by atoms with Crippen molar-refractivity contribution >= 4 is 61.5 Å². The van der Waals surface area contributed by atoms with Crippen LogP contribution in [-0.4, -0.2) is 28.4 Å². The molecule has 2 amide bonds. The monoisotopic (exact) mass is 451 g/mol. The molecule has 1 aliphatic rings. The number of ketones is 1. The van der Waals surface area contributed by atoms with Crippen molar-refractivity contribution in [3.05, 3.63) is 87.2 Å². The van der Waals surface area contributed by atoms with Gasteiger partial charge in [-0.05, 0) is 46.3 Å². The number of rotatable bonds is 4. The maximum atomic E-state index is 12.7. The molecule has 0 atom stereocenters. The largest absolute Gasteiger partial charge is 0.293 e. The Morgan fingerprint density at radius 2 is 1.68 bits per heavy atom. The van der Waals surface area contributed by atoms with Crippen LogP contribution < -0.4 is 0 Å². The molecule has 0 unspecified atom stereocenters. The van der Waals surface area contributed by atoms with Gasteiger partial charge in [0.15, 0.2) is 5.78 Å². The van der Waals surface area contributed by atoms with Gasteiger partial charge in [0.1, 0.15) is 0 Å². The molecule has 0 saturated carbocycles. The lowest BCUT2D eigenvalue weighted by atomic mass is 10.0. The van der Waals surface area contributed by atoms with Gasteiger partial charge in [-0.15, -0.1) is 0 Å². The van der Waals surface area contributed by atoms with Gasteiger partial charge >= 0.3 is 0 Å². The maximum absolute atomic E-state index is 12.7. The summed E-state index contributed by atoms with van der Waals surface area (Å²) in [6.45, 7) is -0.265. The third-order valence-electron chi connectivity index (χ3n) is 4.45. The van der Waals surface area contributed by atoms with Crippen LogP contribution in [0.4, 0.5) is 4.79 Å². The summed E-state index contributed by atoms with van der Waals surface area (Å²) >= 11 is 4.18. The van der Waals surface area contributed by atoms with Crippen molar-refractivity contribution in [3.63, 3.8) is 0 Å². The van der Waals surface area contributed by atoms with E-state index < -0.39 is 11.1 Å². The average Bonchev–Trinajstić information content (AvgIpc) is 2.96. The second kappa shape index (κ2) is 7.73. The van der Waals surface area contributed by atoms with Crippen LogP contribution in [0.1, 0.15) is 15.9 Å². The fourth-order valence-corrected chi connectivity index (χ4v) is 4.12. The molecule has 138 valence electrons. The van der Waals surface area contributed by atoms with Gasteiger partial charge in [-0.3, -0.25) is 19.3 Å². The summed E-state index contributed by atoms with van der Waals surface area (Å²) in [5.41, 5.74) is 1.32. The topological polar surface area (TPSA) is 54.5 Å². The molecular formula is C22H14BrNO3S. The lowest BCUT2D eigenvalue weighted by molar-refractivity contribution is -0.122. The van der Waals surface area contributed by atoms with E-state index in [1.807, 2.05) is 42.5 Å². The summed E-state index contributed by atoms with van der Waals surface area (Å²) in [4.78, 5) is 38.9. The number of Topliss-reactive ketones (excluding diaryl/α,β-unsaturated/α-hetero) is 1. The molecule has 4 rings (SSSR count). The quantitative estimate of drug-likeness (QED) is 0.386. The fraction of sp³-hybridized carbons (Fsp3) is 0.0455. The van der Waals surface area contributed by atoms with Crippen LogP contribution in [0.3, 0.4) is 0 Å². The van der Waals surface area contributed by atoms with Gasteiger partial charge in [0.2, 0.25) is 0 Å². The van der Waals surface area contributed by atoms with Crippen molar-refractivity contribution in [1.82, 2.24) is 4.90 Å². The molecule has 1 saturated heterocycles. The van der Waals surface area contributed by atoms with E-state index in [0.717, 1.165) is 37.5 Å². The zero-order chi connectivity index (χ0) is 19.7. The molecule has 1 heterocycles. The molecule has 3 aromatic rings. The third-order valence-corrected chi connectivity index (χ3v) is 5.89. The number of carbonyl (C=O) groups is 3. The Balaban J connectivity index is 1.59. The minimum absolute atomic E-state index is 0.265. The van der Waals surface area contributed by atoms with E-state index in [2.05, 4.69) is 15.9 Å². The van der Waals surface area contributed by atoms with Crippen LogP contribution in [0, 0.1) is 0 Å². The van der Waals surface area contributed by atoms with E-state index in [4.69, 9.17) is 0 Å². The van der Waals surface area contributed by atoms with Crippen LogP contribution in [0.2, 0.25) is 0 Å². The summed E-state index contributed by atoms with van der Waals surface area (Å²) in [7, 11) is 0. The summed E-state index contributed by atoms with van der Waals surface area (Å²) in [5.74, 6) is -0.713. The van der Waals surface area contributed by atoms with Crippen LogP contribution in [0.5, 0.6) is 0 Å². The SMILES string of the molecule is O=C(CN1C(=O)S/C(=C/c2cccc3ccccc23)C1=O)c1ccc(Br)cc1. The van der Waals surface area contributed by atoms with Crippen molar-refractivity contribution in [1.29, 1.82) is 0 Å². The number of halogens is 1. The average molecular weight is 452 g/mol. The minimum Gasteiger partial charge on any atom is -0.292 e. The van der Waals surface area contributed by atoms with Crippen LogP contribution >= 0.6 is 27.7 Å². The van der Waals surface area contributed by atoms with Gasteiger partial charge in [0.05, 0.1) is 11.4 Å². The highest BCUT2D eigenvalue weighted by molar-refractivity contribution is 9.10. The lowest BCUT2D eigenvalue weighted by Gasteiger charge is -2.11. The van der Waals surface area contributed by atoms with E-state index in [0.29, 0.717) is 10.5 Å². The Morgan fingerprint density at radius 1 is 0.964 bits per heavy atom. The first kappa shape index (κ1) is 18.7. The number of hydrogen-bond acceptors (Lipinski definition) is 4. The molecule has 3 aromatic carbocycles. The maximum Gasteiger partial charge on any atom is 0.293 e. The third kappa shape index (κ3) is 3.66. The first-order valence-corrected chi connectivity index (χ1v) is 10.2. The van der Waals surface area contributed by atoms with Crippen molar-refractivity contribution in [3.8, 4) is 0 Å². The van der Waals surface area contributed by atoms with E-state index in [1.54, 1.807) is 30.3 Å². The van der Waals surface area contributed by atoms with E-state index in [1.165, 1.54) is 0 Å². The van der Waals surface area contributed by atoms with E-state index in [9.17, 15) is 14.4 Å². The van der Waals surface area contributed by atoms with Gasteiger partial charge in [-0.2, -0.15) is 0 Å². The highest BCUT2D eigenvalue weighted by atomic mass is 79.9. The molecule has 0 aliphatic carbocycles. The zero-order valence-electron chi connectivity index (χ0n) is 14.6. The number of hydrogen-bond donors (Lipinski definition) is 0. The van der Waals surface area contributed by atoms with Crippen LogP contribution in [-0.2, 0) is 4.79 Å². The Hall–Kier alpha value is -2.70. The van der Waals surface area contributed by atoms with Gasteiger partial charge in [-0.25, -0.2) is 0 Å². The Kier molecular flexibility index (Phi) is 5.15. The van der Waals surface area contributed by atoms with Crippen LogP contribution in [0.15, 0.2) is 76.1 Å². The standard InChI is InChI=1S/C22H14BrNO3S/c23-17-10-8-15(9-11-17)19(25)13-24-21(26)20(28-22(24)27)12-16-6-3-5-14-4-1-2-7-18(14)16/h1-12H,13H2/b20-12+. The van der Waals surface area contributed by atoms with Crippen molar-refractivity contribution in [2.45, 2.75) is 0 Å². The first-order chi connectivity index (χ1) is 13.5. The number of benzene rings is 3. The van der Waals surface area contributed by atoms with Crippen molar-refractivity contribution in [2.75, 3.05) is 6.54 Å². The fourth-order valence-electron chi connectivity index (χ4n) is 3.02. The minimum atomic E-state index is -0.437. The van der Waals surface area contributed by atoms with Crippen LogP contribution in [0.25, 0.3) is 16.8 Å². The lowest BCUT2D eigenvalue weighted by Crippen LogP contribution is -2.33. The molecule has 1 fully saturated rings. The Bertz CT molecular complexity index is 1130. The number of imide groups is 1. The number of thioether (sulfide) groups is 1. The highest BCUT2D eigenvalue weighted by Gasteiger charge is 2.36. The summed E-state index contributed by atoms with van der Waals surface area (Å²) in [6.07, 6.45) is 1.72. The second-order valence-electron chi connectivity index (χ2n) is 6.27. The Labute approximate surface area is 174 Å². The summed E-state index contributed by atoms with van der Waals surface area (Å²) in [6, 6.07) is 20.5. The zero-order valence-corrected chi connectivity index (χ0v) is 17.0. The number of nitrogens with zero attached hydrogens (tertiary/aromatic N) is 1. The predicted molar refractivity (Wildman–Crippen MR) is 115 cm³/mol. The summed E-state index contributed by atoms with van der Waals surface area (Å²) in [5, 5.41) is 1.63. The highest BCUT2D eigenvalue weighted by Crippen LogP contribution is 2.33. The molecular weight excluding hydrogens is 438 g/mol. The normalized spacial score (nSPS) is 15.6. The van der Waals surface area contributed by atoms with E-state index >= 15 is 0 Å². The molecule has 0 aromatic heterocycles. The van der Waals surface area contributed by atoms with Gasteiger partial charge < -0.3 is 0 Å². The molecule has 0 N–H and O–H groups in total. The van der Waals surface area contributed by atoms with Crippen molar-refractivity contribution in [2.24, 2.45) is 0 Å². The smallest absolute Gasteiger partial charge is 0.292 e. The van der Waals surface area contributed by atoms with Gasteiger partial charge in [0.25, 0.3) is 11.1 Å². The van der Waals surface area contributed by atoms with Gasteiger partial charge in [0, 0.05) is 10.0 Å². The second-order valence-corrected chi connectivity index (χ2v) is 8.18. The summed E-state index contributed by atoms with van der Waals surface area (Å²) < 4.78 is 0.855. The molecule has 4 nitrogen and oxygen atoms in total. The van der Waals surface area contributed by atoms with Gasteiger partial charge in [-0.1, -0.05) is 70.5 Å². The first-order valence-electron chi connectivity index (χ1n) is 8.55. The van der Waals surface area contributed by atoms with E-state index in [-0.39, 0.29) is 12.3 Å². The Morgan fingerprint density at radius 3 is 2.46 bits per heavy atom. The molecule has 6 heteroatoms. The predicted octanol–water partition coefficient (Wildman–Crippen LogP) is 5.52. The number of fused-ring (bicyclic) bond motifs is 1.